The Kier molecular flexibility index (Phi) is 5.49. The molecule has 0 aliphatic rings. The van der Waals surface area contributed by atoms with Crippen LogP contribution in [0.2, 0.25) is 0 Å². The predicted molar refractivity (Wildman–Crippen MR) is 78.9 cm³/mol. The minimum atomic E-state index is -2.99. The summed E-state index contributed by atoms with van der Waals surface area (Å²) in [7, 11) is -2.99. The van der Waals surface area contributed by atoms with Crippen molar-refractivity contribution >= 4 is 15.8 Å². The fourth-order valence-corrected chi connectivity index (χ4v) is 2.52. The first kappa shape index (κ1) is 17.6. The summed E-state index contributed by atoms with van der Waals surface area (Å²) in [5.74, 6) is -0.288. The third-order valence-corrected chi connectivity index (χ3v) is 4.63. The number of nitrogens with zero attached hydrogens (tertiary/aromatic N) is 3. The van der Waals surface area contributed by atoms with Crippen molar-refractivity contribution < 1.29 is 17.9 Å². The van der Waals surface area contributed by atoms with Gasteiger partial charge in [-0.05, 0) is 34.1 Å². The first-order valence-corrected chi connectivity index (χ1v) is 8.71. The van der Waals surface area contributed by atoms with E-state index in [2.05, 4.69) is 10.3 Å². The molecule has 0 radical (unpaired) electrons. The van der Waals surface area contributed by atoms with E-state index in [9.17, 15) is 13.2 Å². The highest BCUT2D eigenvalue weighted by atomic mass is 32.2. The number of hydrogen-bond donors (Lipinski definition) is 0. The lowest BCUT2D eigenvalue weighted by molar-refractivity contribution is 0.00618. The molecule has 120 valence electrons. The molecular weight excluding hydrogens is 294 g/mol. The van der Waals surface area contributed by atoms with Crippen molar-refractivity contribution in [2.75, 3.05) is 11.5 Å². The van der Waals surface area contributed by atoms with Crippen LogP contribution in [0.5, 0.6) is 0 Å². The Morgan fingerprint density at radius 3 is 2.48 bits per heavy atom. The second-order valence-electron chi connectivity index (χ2n) is 5.84. The van der Waals surface area contributed by atoms with Gasteiger partial charge in [-0.25, -0.2) is 17.9 Å². The lowest BCUT2D eigenvalue weighted by Crippen LogP contribution is -2.24. The standard InChI is InChI=1S/C13H23N3O4S/c1-6-21(18,19)9-7-8-16-10(2)11(14-15-16)12(17)20-13(3,4)5/h6-9H2,1-5H3. The van der Waals surface area contributed by atoms with Crippen LogP contribution in [-0.4, -0.2) is 46.5 Å². The van der Waals surface area contributed by atoms with Crippen molar-refractivity contribution in [1.82, 2.24) is 15.0 Å². The zero-order valence-corrected chi connectivity index (χ0v) is 14.0. The monoisotopic (exact) mass is 317 g/mol. The minimum Gasteiger partial charge on any atom is -0.455 e. The molecule has 1 aromatic heterocycles. The van der Waals surface area contributed by atoms with Gasteiger partial charge in [-0.1, -0.05) is 12.1 Å². The maximum Gasteiger partial charge on any atom is 0.361 e. The molecule has 0 aliphatic carbocycles. The number of ether oxygens (including phenoxy) is 1. The van der Waals surface area contributed by atoms with E-state index in [1.165, 1.54) is 4.68 Å². The van der Waals surface area contributed by atoms with Gasteiger partial charge < -0.3 is 4.74 Å². The minimum absolute atomic E-state index is 0.102. The van der Waals surface area contributed by atoms with Crippen molar-refractivity contribution in [2.45, 2.75) is 53.2 Å². The maximum atomic E-state index is 11.9. The Hall–Kier alpha value is -1.44. The van der Waals surface area contributed by atoms with Gasteiger partial charge in [0.2, 0.25) is 0 Å². The zero-order chi connectivity index (χ0) is 16.3. The number of sulfone groups is 1. The summed E-state index contributed by atoms with van der Waals surface area (Å²) in [5.41, 5.74) is 0.157. The van der Waals surface area contributed by atoms with Gasteiger partial charge in [-0.3, -0.25) is 0 Å². The smallest absolute Gasteiger partial charge is 0.361 e. The van der Waals surface area contributed by atoms with Crippen molar-refractivity contribution in [1.29, 1.82) is 0 Å². The van der Waals surface area contributed by atoms with E-state index in [0.29, 0.717) is 18.7 Å². The maximum absolute atomic E-state index is 11.9. The number of carbonyl (C=O) groups is 1. The first-order chi connectivity index (χ1) is 9.56. The van der Waals surface area contributed by atoms with Crippen LogP contribution in [0.15, 0.2) is 0 Å². The number of aromatic nitrogens is 3. The summed E-state index contributed by atoms with van der Waals surface area (Å²) in [6.07, 6.45) is 0.439. The molecule has 1 heterocycles. The van der Waals surface area contributed by atoms with Crippen LogP contribution in [0.1, 0.15) is 50.3 Å². The Bertz CT molecular complexity index is 599. The molecule has 0 bridgehead atoms. The SMILES string of the molecule is CCS(=O)(=O)CCCn1nnc(C(=O)OC(C)(C)C)c1C. The molecule has 0 atom stereocenters. The molecule has 8 heteroatoms. The fourth-order valence-electron chi connectivity index (χ4n) is 1.67. The van der Waals surface area contributed by atoms with Crippen LogP contribution in [0.3, 0.4) is 0 Å². The van der Waals surface area contributed by atoms with E-state index in [1.807, 2.05) is 0 Å². The van der Waals surface area contributed by atoms with E-state index in [-0.39, 0.29) is 17.2 Å². The average Bonchev–Trinajstić information content (AvgIpc) is 2.69. The van der Waals surface area contributed by atoms with E-state index < -0.39 is 21.4 Å². The summed E-state index contributed by atoms with van der Waals surface area (Å²) >= 11 is 0. The second kappa shape index (κ2) is 6.55. The van der Waals surface area contributed by atoms with Crippen LogP contribution in [0.4, 0.5) is 0 Å². The van der Waals surface area contributed by atoms with Crippen molar-refractivity contribution in [2.24, 2.45) is 0 Å². The van der Waals surface area contributed by atoms with Crippen molar-refractivity contribution in [3.63, 3.8) is 0 Å². The number of rotatable bonds is 6. The van der Waals surface area contributed by atoms with Crippen LogP contribution >= 0.6 is 0 Å². The molecule has 0 saturated heterocycles. The van der Waals surface area contributed by atoms with Gasteiger partial charge in [0.25, 0.3) is 0 Å². The van der Waals surface area contributed by atoms with Crippen LogP contribution in [0, 0.1) is 6.92 Å². The normalized spacial score (nSPS) is 12.4. The lowest BCUT2D eigenvalue weighted by Gasteiger charge is -2.18. The van der Waals surface area contributed by atoms with Gasteiger partial charge >= 0.3 is 5.97 Å². The van der Waals surface area contributed by atoms with Crippen molar-refractivity contribution in [3.8, 4) is 0 Å². The van der Waals surface area contributed by atoms with Gasteiger partial charge in [0.05, 0.1) is 11.4 Å². The fraction of sp³-hybridized carbons (Fsp3) is 0.769. The topological polar surface area (TPSA) is 91.1 Å². The quantitative estimate of drug-likeness (QED) is 0.736. The van der Waals surface area contributed by atoms with Gasteiger partial charge in [0, 0.05) is 12.3 Å². The number of aryl methyl sites for hydroxylation is 1. The molecule has 0 spiro atoms. The average molecular weight is 317 g/mol. The summed E-state index contributed by atoms with van der Waals surface area (Å²) in [6.45, 7) is 9.08. The molecule has 7 nitrogen and oxygen atoms in total. The highest BCUT2D eigenvalue weighted by Crippen LogP contribution is 2.13. The van der Waals surface area contributed by atoms with E-state index >= 15 is 0 Å². The van der Waals surface area contributed by atoms with Crippen LogP contribution in [0.25, 0.3) is 0 Å². The Labute approximate surface area is 125 Å². The Balaban J connectivity index is 2.70. The van der Waals surface area contributed by atoms with E-state index in [0.717, 1.165) is 0 Å². The summed E-state index contributed by atoms with van der Waals surface area (Å²) < 4.78 is 29.6. The third-order valence-electron chi connectivity index (χ3n) is 2.84. The van der Waals surface area contributed by atoms with Gasteiger partial charge in [0.15, 0.2) is 5.69 Å². The molecule has 0 saturated carbocycles. The molecule has 0 amide bonds. The molecule has 0 aromatic carbocycles. The van der Waals surface area contributed by atoms with E-state index in [1.54, 1.807) is 34.6 Å². The Morgan fingerprint density at radius 1 is 1.33 bits per heavy atom. The molecular formula is C13H23N3O4S. The molecule has 1 aromatic rings. The van der Waals surface area contributed by atoms with E-state index in [4.69, 9.17) is 4.74 Å². The number of carbonyl (C=O) groups excluding carboxylic acids is 1. The largest absolute Gasteiger partial charge is 0.455 e. The summed E-state index contributed by atoms with van der Waals surface area (Å²) in [5, 5.41) is 7.71. The van der Waals surface area contributed by atoms with Gasteiger partial charge in [-0.2, -0.15) is 0 Å². The van der Waals surface area contributed by atoms with Gasteiger partial charge in [0.1, 0.15) is 15.4 Å². The Morgan fingerprint density at radius 2 is 1.95 bits per heavy atom. The summed E-state index contributed by atoms with van der Waals surface area (Å²) in [6, 6.07) is 0. The predicted octanol–water partition coefficient (Wildman–Crippen LogP) is 1.37. The molecule has 1 rings (SSSR count). The molecule has 0 aliphatic heterocycles. The summed E-state index contributed by atoms with van der Waals surface area (Å²) in [4.78, 5) is 11.9. The molecule has 0 N–H and O–H groups in total. The highest BCUT2D eigenvalue weighted by molar-refractivity contribution is 7.91. The van der Waals surface area contributed by atoms with Crippen LogP contribution < -0.4 is 0 Å². The first-order valence-electron chi connectivity index (χ1n) is 6.89. The van der Waals surface area contributed by atoms with Gasteiger partial charge in [-0.15, -0.1) is 5.10 Å². The molecule has 0 unspecified atom stereocenters. The molecule has 0 fully saturated rings. The van der Waals surface area contributed by atoms with Crippen LogP contribution in [-0.2, 0) is 21.1 Å². The number of hydrogen-bond acceptors (Lipinski definition) is 6. The van der Waals surface area contributed by atoms with Crippen molar-refractivity contribution in [3.05, 3.63) is 11.4 Å². The third kappa shape index (κ3) is 5.45. The highest BCUT2D eigenvalue weighted by Gasteiger charge is 2.23. The lowest BCUT2D eigenvalue weighted by atomic mass is 10.2. The number of esters is 1. The molecule has 21 heavy (non-hydrogen) atoms. The zero-order valence-electron chi connectivity index (χ0n) is 13.2. The second-order valence-corrected chi connectivity index (χ2v) is 8.31.